The molecule has 0 aliphatic rings. The number of benzene rings is 2. The number of carbonyl (C=O) groups excluding carboxylic acids is 1. The van der Waals surface area contributed by atoms with E-state index in [-0.39, 0.29) is 5.97 Å². The first kappa shape index (κ1) is 19.3. The second kappa shape index (κ2) is 9.45. The van der Waals surface area contributed by atoms with E-state index in [0.717, 1.165) is 24.6 Å². The molecule has 0 radical (unpaired) electrons. The third-order valence-corrected chi connectivity index (χ3v) is 4.12. The standard InChI is InChI=1S/C21H23N5O2/c1-3-26(15-16-8-6-5-7-9-16)19-14-22-25-21(24-19)23-18-12-10-17(11-13-18)20(27)28-4-2/h5-14H,3-4,15H2,1-2H3,(H,23,24,25). The average molecular weight is 377 g/mol. The predicted octanol–water partition coefficient (Wildman–Crippen LogP) is 3.82. The van der Waals surface area contributed by atoms with E-state index in [4.69, 9.17) is 4.74 Å². The summed E-state index contributed by atoms with van der Waals surface area (Å²) in [4.78, 5) is 18.4. The van der Waals surface area contributed by atoms with Crippen LogP contribution in [0.5, 0.6) is 0 Å². The van der Waals surface area contributed by atoms with Crippen molar-refractivity contribution in [3.05, 3.63) is 71.9 Å². The van der Waals surface area contributed by atoms with Crippen molar-refractivity contribution in [1.29, 1.82) is 0 Å². The molecular formula is C21H23N5O2. The van der Waals surface area contributed by atoms with E-state index < -0.39 is 0 Å². The highest BCUT2D eigenvalue weighted by Crippen LogP contribution is 2.18. The summed E-state index contributed by atoms with van der Waals surface area (Å²) >= 11 is 0. The molecule has 0 aliphatic carbocycles. The number of anilines is 3. The number of rotatable bonds is 8. The van der Waals surface area contributed by atoms with Crippen LogP contribution >= 0.6 is 0 Å². The van der Waals surface area contributed by atoms with Gasteiger partial charge in [-0.3, -0.25) is 0 Å². The Morgan fingerprint density at radius 1 is 1.07 bits per heavy atom. The van der Waals surface area contributed by atoms with Gasteiger partial charge in [-0.15, -0.1) is 5.10 Å². The minimum atomic E-state index is -0.339. The zero-order chi connectivity index (χ0) is 19.8. The van der Waals surface area contributed by atoms with Gasteiger partial charge in [0.2, 0.25) is 5.95 Å². The normalized spacial score (nSPS) is 10.4. The Kier molecular flexibility index (Phi) is 6.51. The average Bonchev–Trinajstić information content (AvgIpc) is 2.73. The molecule has 0 saturated carbocycles. The van der Waals surface area contributed by atoms with Gasteiger partial charge in [-0.2, -0.15) is 10.1 Å². The maximum Gasteiger partial charge on any atom is 0.338 e. The molecule has 1 N–H and O–H groups in total. The van der Waals surface area contributed by atoms with Crippen LogP contribution in [-0.4, -0.2) is 34.3 Å². The molecule has 0 unspecified atom stereocenters. The molecule has 0 bridgehead atoms. The molecule has 2 aromatic carbocycles. The van der Waals surface area contributed by atoms with E-state index in [0.29, 0.717) is 18.1 Å². The van der Waals surface area contributed by atoms with E-state index >= 15 is 0 Å². The first-order chi connectivity index (χ1) is 13.7. The first-order valence-electron chi connectivity index (χ1n) is 9.22. The first-order valence-corrected chi connectivity index (χ1v) is 9.22. The summed E-state index contributed by atoms with van der Waals surface area (Å²) in [5.74, 6) is 0.799. The van der Waals surface area contributed by atoms with Gasteiger partial charge in [-0.05, 0) is 43.7 Å². The summed E-state index contributed by atoms with van der Waals surface area (Å²) in [6.45, 7) is 5.74. The molecule has 7 nitrogen and oxygen atoms in total. The minimum Gasteiger partial charge on any atom is -0.462 e. The molecule has 0 fully saturated rings. The fraction of sp³-hybridized carbons (Fsp3) is 0.238. The molecule has 7 heteroatoms. The molecular weight excluding hydrogens is 354 g/mol. The molecule has 0 spiro atoms. The van der Waals surface area contributed by atoms with Crippen LogP contribution in [0.3, 0.4) is 0 Å². The fourth-order valence-electron chi connectivity index (χ4n) is 2.69. The number of nitrogens with zero attached hydrogens (tertiary/aromatic N) is 4. The number of hydrogen-bond donors (Lipinski definition) is 1. The molecule has 144 valence electrons. The number of aromatic nitrogens is 3. The predicted molar refractivity (Wildman–Crippen MR) is 109 cm³/mol. The molecule has 28 heavy (non-hydrogen) atoms. The third kappa shape index (κ3) is 5.03. The van der Waals surface area contributed by atoms with E-state index in [1.807, 2.05) is 18.2 Å². The molecule has 1 aromatic heterocycles. The van der Waals surface area contributed by atoms with Gasteiger partial charge in [0, 0.05) is 18.8 Å². The van der Waals surface area contributed by atoms with Crippen LogP contribution < -0.4 is 10.2 Å². The molecule has 0 saturated heterocycles. The number of esters is 1. The van der Waals surface area contributed by atoms with E-state index in [1.165, 1.54) is 5.56 Å². The molecule has 0 amide bonds. The van der Waals surface area contributed by atoms with Crippen molar-refractivity contribution in [2.24, 2.45) is 0 Å². The minimum absolute atomic E-state index is 0.339. The van der Waals surface area contributed by atoms with Gasteiger partial charge < -0.3 is 15.0 Å². The van der Waals surface area contributed by atoms with Crippen LogP contribution in [0, 0.1) is 0 Å². The molecule has 0 atom stereocenters. The second-order valence-corrected chi connectivity index (χ2v) is 6.06. The highest BCUT2D eigenvalue weighted by atomic mass is 16.5. The van der Waals surface area contributed by atoms with Crippen molar-refractivity contribution in [3.63, 3.8) is 0 Å². The zero-order valence-electron chi connectivity index (χ0n) is 16.0. The van der Waals surface area contributed by atoms with Gasteiger partial charge in [-0.1, -0.05) is 30.3 Å². The summed E-state index contributed by atoms with van der Waals surface area (Å²) in [6.07, 6.45) is 1.65. The SMILES string of the molecule is CCOC(=O)c1ccc(Nc2nncc(N(CC)Cc3ccccc3)n2)cc1. The number of ether oxygens (including phenoxy) is 1. The van der Waals surface area contributed by atoms with Crippen LogP contribution in [0.25, 0.3) is 0 Å². The van der Waals surface area contributed by atoms with Crippen LogP contribution in [0.4, 0.5) is 17.5 Å². The Morgan fingerprint density at radius 2 is 1.82 bits per heavy atom. The maximum atomic E-state index is 11.7. The summed E-state index contributed by atoms with van der Waals surface area (Å²) in [7, 11) is 0. The Hall–Kier alpha value is -3.48. The van der Waals surface area contributed by atoms with Crippen LogP contribution in [0.15, 0.2) is 60.8 Å². The smallest absolute Gasteiger partial charge is 0.338 e. The maximum absolute atomic E-state index is 11.7. The number of nitrogens with one attached hydrogen (secondary N) is 1. The van der Waals surface area contributed by atoms with Gasteiger partial charge in [0.1, 0.15) is 0 Å². The highest BCUT2D eigenvalue weighted by molar-refractivity contribution is 5.89. The summed E-state index contributed by atoms with van der Waals surface area (Å²) in [5.41, 5.74) is 2.46. The second-order valence-electron chi connectivity index (χ2n) is 6.06. The van der Waals surface area contributed by atoms with Gasteiger partial charge in [0.05, 0.1) is 18.4 Å². The largest absolute Gasteiger partial charge is 0.462 e. The number of carbonyl (C=O) groups is 1. The van der Waals surface area contributed by atoms with Gasteiger partial charge in [0.25, 0.3) is 0 Å². The lowest BCUT2D eigenvalue weighted by molar-refractivity contribution is 0.0526. The Balaban J connectivity index is 1.71. The zero-order valence-corrected chi connectivity index (χ0v) is 16.0. The molecule has 0 aliphatic heterocycles. The molecule has 3 aromatic rings. The quantitative estimate of drug-likeness (QED) is 0.598. The van der Waals surface area contributed by atoms with Crippen LogP contribution in [0.2, 0.25) is 0 Å². The lowest BCUT2D eigenvalue weighted by atomic mass is 10.2. The van der Waals surface area contributed by atoms with Crippen LogP contribution in [-0.2, 0) is 11.3 Å². The van der Waals surface area contributed by atoms with Gasteiger partial charge >= 0.3 is 5.97 Å². The van der Waals surface area contributed by atoms with Crippen molar-refractivity contribution in [2.75, 3.05) is 23.4 Å². The van der Waals surface area contributed by atoms with Crippen molar-refractivity contribution < 1.29 is 9.53 Å². The van der Waals surface area contributed by atoms with Gasteiger partial charge in [0.15, 0.2) is 5.82 Å². The summed E-state index contributed by atoms with van der Waals surface area (Å²) in [5, 5.41) is 11.2. The topological polar surface area (TPSA) is 80.2 Å². The Morgan fingerprint density at radius 3 is 2.50 bits per heavy atom. The van der Waals surface area contributed by atoms with Gasteiger partial charge in [-0.25, -0.2) is 4.79 Å². The highest BCUT2D eigenvalue weighted by Gasteiger charge is 2.10. The lowest BCUT2D eigenvalue weighted by Gasteiger charge is -2.21. The van der Waals surface area contributed by atoms with Crippen molar-refractivity contribution in [2.45, 2.75) is 20.4 Å². The molecule has 3 rings (SSSR count). The summed E-state index contributed by atoms with van der Waals surface area (Å²) in [6, 6.07) is 17.2. The van der Waals surface area contributed by atoms with Crippen molar-refractivity contribution >= 4 is 23.4 Å². The third-order valence-electron chi connectivity index (χ3n) is 4.12. The van der Waals surface area contributed by atoms with Crippen molar-refractivity contribution in [1.82, 2.24) is 15.2 Å². The van der Waals surface area contributed by atoms with E-state index in [1.54, 1.807) is 37.4 Å². The van der Waals surface area contributed by atoms with Crippen LogP contribution in [0.1, 0.15) is 29.8 Å². The lowest BCUT2D eigenvalue weighted by Crippen LogP contribution is -2.23. The Labute approximate surface area is 164 Å². The molecule has 1 heterocycles. The summed E-state index contributed by atoms with van der Waals surface area (Å²) < 4.78 is 4.99. The van der Waals surface area contributed by atoms with E-state index in [2.05, 4.69) is 44.5 Å². The van der Waals surface area contributed by atoms with E-state index in [9.17, 15) is 4.79 Å². The monoisotopic (exact) mass is 377 g/mol. The van der Waals surface area contributed by atoms with Crippen molar-refractivity contribution in [3.8, 4) is 0 Å². The fourth-order valence-corrected chi connectivity index (χ4v) is 2.69. The number of hydrogen-bond acceptors (Lipinski definition) is 7. The Bertz CT molecular complexity index is 900.